The summed E-state index contributed by atoms with van der Waals surface area (Å²) in [7, 11) is -3.17. The van der Waals surface area contributed by atoms with Gasteiger partial charge in [0.2, 0.25) is 0 Å². The van der Waals surface area contributed by atoms with Crippen molar-refractivity contribution in [1.29, 1.82) is 0 Å². The highest BCUT2D eigenvalue weighted by molar-refractivity contribution is 14.0. The van der Waals surface area contributed by atoms with Crippen LogP contribution in [-0.2, 0) is 9.84 Å². The van der Waals surface area contributed by atoms with Crippen LogP contribution in [0.25, 0.3) is 0 Å². The van der Waals surface area contributed by atoms with E-state index in [4.69, 9.17) is 5.73 Å². The lowest BCUT2D eigenvalue weighted by molar-refractivity contribution is 0.560. The van der Waals surface area contributed by atoms with E-state index >= 15 is 0 Å². The number of nitrogens with two attached hydrogens (primary N) is 1. The fourth-order valence-electron chi connectivity index (χ4n) is 1.91. The maximum absolute atomic E-state index is 12.0. The van der Waals surface area contributed by atoms with Crippen molar-refractivity contribution in [1.82, 2.24) is 0 Å². The third kappa shape index (κ3) is 6.96. The summed E-state index contributed by atoms with van der Waals surface area (Å²) in [6, 6.07) is 8.03. The first-order chi connectivity index (χ1) is 10.6. The largest absolute Gasteiger partial charge is 0.370 e. The smallest absolute Gasteiger partial charge is 0.193 e. The fraction of sp³-hybridized carbons (Fsp3) is 0.588. The molecule has 5 nitrogen and oxygen atoms in total. The van der Waals surface area contributed by atoms with Crippen LogP contribution >= 0.6 is 24.0 Å². The average Bonchev–Trinajstić information content (AvgIpc) is 2.45. The van der Waals surface area contributed by atoms with E-state index in [9.17, 15) is 8.42 Å². The Labute approximate surface area is 163 Å². The molecule has 0 radical (unpaired) electrons. The molecule has 24 heavy (non-hydrogen) atoms. The molecule has 0 aliphatic carbocycles. The van der Waals surface area contributed by atoms with Gasteiger partial charge in [0, 0.05) is 5.69 Å². The number of anilines is 1. The maximum Gasteiger partial charge on any atom is 0.193 e. The van der Waals surface area contributed by atoms with E-state index in [0.717, 1.165) is 12.1 Å². The first kappa shape index (κ1) is 23.2. The third-order valence-corrected chi connectivity index (χ3v) is 6.53. The van der Waals surface area contributed by atoms with Crippen LogP contribution in [0.3, 0.4) is 0 Å². The minimum absolute atomic E-state index is 0. The van der Waals surface area contributed by atoms with Gasteiger partial charge in [0.15, 0.2) is 15.8 Å². The monoisotopic (exact) mass is 467 g/mol. The summed E-state index contributed by atoms with van der Waals surface area (Å²) in [4.78, 5) is 4.10. The Morgan fingerprint density at radius 3 is 2.25 bits per heavy atom. The van der Waals surface area contributed by atoms with Gasteiger partial charge in [-0.15, -0.1) is 24.0 Å². The molecule has 0 aromatic heterocycles. The van der Waals surface area contributed by atoms with Gasteiger partial charge in [-0.05, 0) is 50.8 Å². The molecule has 0 saturated heterocycles. The highest BCUT2D eigenvalue weighted by Gasteiger charge is 2.28. The van der Waals surface area contributed by atoms with E-state index in [2.05, 4.69) is 36.3 Å². The summed E-state index contributed by atoms with van der Waals surface area (Å²) in [5.41, 5.74) is 7.94. The SMILES string of the molecule is CCC(C)c1ccc(NC(N)=NCCS(=O)(=O)C(C)(C)C)cc1.I. The molecular formula is C17H30IN3O2S. The second kappa shape index (κ2) is 9.60. The van der Waals surface area contributed by atoms with Crippen LogP contribution in [0.2, 0.25) is 0 Å². The Morgan fingerprint density at radius 2 is 1.79 bits per heavy atom. The van der Waals surface area contributed by atoms with Crippen molar-refractivity contribution in [3.8, 4) is 0 Å². The van der Waals surface area contributed by atoms with Crippen molar-refractivity contribution in [2.45, 2.75) is 51.7 Å². The molecule has 1 atom stereocenters. The molecule has 0 amide bonds. The summed E-state index contributed by atoms with van der Waals surface area (Å²) < 4.78 is 23.2. The Hall–Kier alpha value is -0.830. The number of rotatable bonds is 6. The van der Waals surface area contributed by atoms with E-state index in [1.165, 1.54) is 5.56 Å². The Morgan fingerprint density at radius 1 is 1.25 bits per heavy atom. The number of nitrogens with one attached hydrogen (secondary N) is 1. The normalized spacial score (nSPS) is 14.0. The minimum Gasteiger partial charge on any atom is -0.370 e. The number of halogens is 1. The van der Waals surface area contributed by atoms with Gasteiger partial charge in [0.25, 0.3) is 0 Å². The number of aliphatic imine (C=N–C) groups is 1. The summed E-state index contributed by atoms with van der Waals surface area (Å²) in [5.74, 6) is 0.745. The summed E-state index contributed by atoms with van der Waals surface area (Å²) in [6.07, 6.45) is 1.10. The second-order valence-corrected chi connectivity index (χ2v) is 9.62. The molecule has 0 heterocycles. The van der Waals surface area contributed by atoms with Gasteiger partial charge in [-0.25, -0.2) is 8.42 Å². The molecule has 1 aromatic carbocycles. The minimum atomic E-state index is -3.17. The van der Waals surface area contributed by atoms with Crippen LogP contribution < -0.4 is 11.1 Å². The number of guanidine groups is 1. The molecule has 7 heteroatoms. The molecule has 3 N–H and O–H groups in total. The number of hydrogen-bond donors (Lipinski definition) is 2. The molecule has 0 spiro atoms. The zero-order chi connectivity index (χ0) is 17.7. The first-order valence-electron chi connectivity index (χ1n) is 7.96. The Balaban J connectivity index is 0.00000529. The molecule has 138 valence electrons. The highest BCUT2D eigenvalue weighted by Crippen LogP contribution is 2.20. The van der Waals surface area contributed by atoms with Gasteiger partial charge >= 0.3 is 0 Å². The predicted molar refractivity (Wildman–Crippen MR) is 114 cm³/mol. The second-order valence-electron chi connectivity index (χ2n) is 6.75. The molecule has 0 aliphatic rings. The van der Waals surface area contributed by atoms with Crippen molar-refractivity contribution in [2.75, 3.05) is 17.6 Å². The molecule has 1 rings (SSSR count). The van der Waals surface area contributed by atoms with Gasteiger partial charge < -0.3 is 11.1 Å². The van der Waals surface area contributed by atoms with Crippen LogP contribution in [0.15, 0.2) is 29.3 Å². The van der Waals surface area contributed by atoms with Crippen molar-refractivity contribution in [3.63, 3.8) is 0 Å². The van der Waals surface area contributed by atoms with Crippen LogP contribution in [0.4, 0.5) is 5.69 Å². The van der Waals surface area contributed by atoms with Crippen LogP contribution in [0, 0.1) is 0 Å². The molecule has 0 aliphatic heterocycles. The lowest BCUT2D eigenvalue weighted by Crippen LogP contribution is -2.32. The lowest BCUT2D eigenvalue weighted by atomic mass is 9.99. The summed E-state index contributed by atoms with van der Waals surface area (Å²) in [6.45, 7) is 9.57. The highest BCUT2D eigenvalue weighted by atomic mass is 127. The third-order valence-electron chi connectivity index (χ3n) is 3.94. The first-order valence-corrected chi connectivity index (χ1v) is 9.61. The summed E-state index contributed by atoms with van der Waals surface area (Å²) >= 11 is 0. The van der Waals surface area contributed by atoms with Crippen molar-refractivity contribution in [2.24, 2.45) is 10.7 Å². The zero-order valence-electron chi connectivity index (χ0n) is 15.2. The molecule has 1 unspecified atom stereocenters. The Kier molecular flexibility index (Phi) is 9.27. The maximum atomic E-state index is 12.0. The van der Waals surface area contributed by atoms with Gasteiger partial charge in [0.05, 0.1) is 17.0 Å². The van der Waals surface area contributed by atoms with Gasteiger partial charge in [-0.2, -0.15) is 0 Å². The van der Waals surface area contributed by atoms with Crippen molar-refractivity contribution >= 4 is 45.5 Å². The topological polar surface area (TPSA) is 84.5 Å². The lowest BCUT2D eigenvalue weighted by Gasteiger charge is -2.18. The number of benzene rings is 1. The Bertz CT molecular complexity index is 635. The number of nitrogens with zero attached hydrogens (tertiary/aromatic N) is 1. The van der Waals surface area contributed by atoms with Crippen molar-refractivity contribution < 1.29 is 8.42 Å². The fourth-order valence-corrected chi connectivity index (χ4v) is 2.85. The van der Waals surface area contributed by atoms with Gasteiger partial charge in [0.1, 0.15) is 0 Å². The molecular weight excluding hydrogens is 437 g/mol. The number of hydrogen-bond acceptors (Lipinski definition) is 3. The van der Waals surface area contributed by atoms with E-state index < -0.39 is 14.6 Å². The van der Waals surface area contributed by atoms with Gasteiger partial charge in [-0.3, -0.25) is 4.99 Å². The van der Waals surface area contributed by atoms with E-state index in [1.54, 1.807) is 20.8 Å². The molecule has 0 saturated carbocycles. The molecule has 0 fully saturated rings. The molecule has 0 bridgehead atoms. The van der Waals surface area contributed by atoms with E-state index in [0.29, 0.717) is 5.92 Å². The standard InChI is InChI=1S/C17H29N3O2S.HI/c1-6-13(2)14-7-9-15(10-8-14)20-16(18)19-11-12-23(21,22)17(3,4)5;/h7-10,13H,6,11-12H2,1-5H3,(H3,18,19,20);1H. The van der Waals surface area contributed by atoms with E-state index in [-0.39, 0.29) is 42.2 Å². The van der Waals surface area contributed by atoms with Crippen LogP contribution in [0.5, 0.6) is 0 Å². The zero-order valence-corrected chi connectivity index (χ0v) is 18.3. The van der Waals surface area contributed by atoms with Crippen molar-refractivity contribution in [3.05, 3.63) is 29.8 Å². The van der Waals surface area contributed by atoms with Crippen LogP contribution in [-0.4, -0.2) is 31.4 Å². The van der Waals surface area contributed by atoms with Crippen LogP contribution in [0.1, 0.15) is 52.5 Å². The molecule has 1 aromatic rings. The average molecular weight is 467 g/mol. The summed E-state index contributed by atoms with van der Waals surface area (Å²) in [5, 5.41) is 2.98. The quantitative estimate of drug-likeness (QED) is 0.379. The van der Waals surface area contributed by atoms with E-state index in [1.807, 2.05) is 12.1 Å². The van der Waals surface area contributed by atoms with Gasteiger partial charge in [-0.1, -0.05) is 26.0 Å². The number of sulfone groups is 1. The predicted octanol–water partition coefficient (Wildman–Crippen LogP) is 3.76.